The van der Waals surface area contributed by atoms with Crippen molar-refractivity contribution in [3.05, 3.63) is 35.2 Å². The highest BCUT2D eigenvalue weighted by Gasteiger charge is 2.27. The second-order valence-electron chi connectivity index (χ2n) is 6.30. The number of esters is 1. The summed E-state index contributed by atoms with van der Waals surface area (Å²) in [7, 11) is 1.50. The van der Waals surface area contributed by atoms with Crippen LogP contribution in [0.3, 0.4) is 0 Å². The molecular weight excluding hydrogens is 320 g/mol. The highest BCUT2D eigenvalue weighted by molar-refractivity contribution is 5.94. The Hall–Kier alpha value is -3.01. The number of aromatic nitrogens is 2. The highest BCUT2D eigenvalue weighted by Crippen LogP contribution is 2.16. The van der Waals surface area contributed by atoms with Crippen molar-refractivity contribution in [3.63, 3.8) is 0 Å². The molecule has 0 aliphatic rings. The molecule has 0 unspecified atom stereocenters. The van der Waals surface area contributed by atoms with E-state index in [0.717, 1.165) is 11.4 Å². The standard InChI is InChI=1S/C18H20N4O3/c1-11-12(2)21-15-8-13(6-7-14(15)20-11)17(24)25-9-16(23)22(5)18(3,4)10-19/h6-8H,9H2,1-5H3. The zero-order chi connectivity index (χ0) is 18.8. The topological polar surface area (TPSA) is 96.2 Å². The van der Waals surface area contributed by atoms with E-state index in [4.69, 9.17) is 10.00 Å². The van der Waals surface area contributed by atoms with Crippen LogP contribution in [-0.2, 0) is 9.53 Å². The van der Waals surface area contributed by atoms with Gasteiger partial charge in [-0.15, -0.1) is 0 Å². The van der Waals surface area contributed by atoms with E-state index in [2.05, 4.69) is 9.97 Å². The molecule has 1 aromatic carbocycles. The fourth-order valence-electron chi connectivity index (χ4n) is 2.05. The Morgan fingerprint density at radius 1 is 1.20 bits per heavy atom. The first-order valence-corrected chi connectivity index (χ1v) is 7.76. The molecule has 0 saturated carbocycles. The van der Waals surface area contributed by atoms with Crippen molar-refractivity contribution in [2.75, 3.05) is 13.7 Å². The molecule has 0 atom stereocenters. The van der Waals surface area contributed by atoms with E-state index in [1.807, 2.05) is 19.9 Å². The van der Waals surface area contributed by atoms with Gasteiger partial charge in [-0.2, -0.15) is 5.26 Å². The van der Waals surface area contributed by atoms with Crippen LogP contribution < -0.4 is 0 Å². The Bertz CT molecular complexity index is 884. The molecule has 7 nitrogen and oxygen atoms in total. The smallest absolute Gasteiger partial charge is 0.338 e. The Labute approximate surface area is 146 Å². The van der Waals surface area contributed by atoms with Gasteiger partial charge in [0.25, 0.3) is 5.91 Å². The predicted molar refractivity (Wildman–Crippen MR) is 91.8 cm³/mol. The molecule has 130 valence electrons. The van der Waals surface area contributed by atoms with Gasteiger partial charge in [0.1, 0.15) is 5.54 Å². The van der Waals surface area contributed by atoms with Crippen LogP contribution in [0, 0.1) is 25.2 Å². The zero-order valence-electron chi connectivity index (χ0n) is 15.0. The molecule has 0 N–H and O–H groups in total. The first kappa shape index (κ1) is 18.3. The summed E-state index contributed by atoms with van der Waals surface area (Å²) in [5.74, 6) is -1.08. The normalized spacial score (nSPS) is 11.0. The molecule has 1 aromatic heterocycles. The first-order chi connectivity index (χ1) is 11.7. The number of likely N-dealkylation sites (N-methyl/N-ethyl adjacent to an activating group) is 1. The van der Waals surface area contributed by atoms with Crippen molar-refractivity contribution in [1.29, 1.82) is 5.26 Å². The molecule has 0 aliphatic heterocycles. The fraction of sp³-hybridized carbons (Fsp3) is 0.389. The quantitative estimate of drug-likeness (QED) is 0.791. The summed E-state index contributed by atoms with van der Waals surface area (Å²) in [6, 6.07) is 6.89. The Morgan fingerprint density at radius 3 is 2.40 bits per heavy atom. The maximum absolute atomic E-state index is 12.2. The highest BCUT2D eigenvalue weighted by atomic mass is 16.5. The van der Waals surface area contributed by atoms with Crippen LogP contribution in [-0.4, -0.2) is 45.9 Å². The summed E-state index contributed by atoms with van der Waals surface area (Å²) in [4.78, 5) is 34.3. The van der Waals surface area contributed by atoms with Gasteiger partial charge in [-0.1, -0.05) is 0 Å². The van der Waals surface area contributed by atoms with E-state index >= 15 is 0 Å². The lowest BCUT2D eigenvalue weighted by molar-refractivity contribution is -0.136. The summed E-state index contributed by atoms with van der Waals surface area (Å²) in [6.07, 6.45) is 0. The van der Waals surface area contributed by atoms with Crippen LogP contribution >= 0.6 is 0 Å². The molecule has 0 saturated heterocycles. The van der Waals surface area contributed by atoms with Crippen molar-refractivity contribution in [2.45, 2.75) is 33.2 Å². The summed E-state index contributed by atoms with van der Waals surface area (Å²) >= 11 is 0. The van der Waals surface area contributed by atoms with Gasteiger partial charge in [0.2, 0.25) is 0 Å². The average molecular weight is 340 g/mol. The zero-order valence-corrected chi connectivity index (χ0v) is 15.0. The largest absolute Gasteiger partial charge is 0.452 e. The van der Waals surface area contributed by atoms with Gasteiger partial charge < -0.3 is 9.64 Å². The number of aryl methyl sites for hydroxylation is 2. The third-order valence-electron chi connectivity index (χ3n) is 4.12. The number of benzene rings is 1. The minimum Gasteiger partial charge on any atom is -0.452 e. The van der Waals surface area contributed by atoms with Crippen LogP contribution in [0.25, 0.3) is 11.0 Å². The molecule has 2 rings (SSSR count). The van der Waals surface area contributed by atoms with Crippen molar-refractivity contribution in [3.8, 4) is 6.07 Å². The van der Waals surface area contributed by atoms with Gasteiger partial charge in [-0.3, -0.25) is 4.79 Å². The minimum atomic E-state index is -0.975. The molecule has 0 radical (unpaired) electrons. The lowest BCUT2D eigenvalue weighted by Crippen LogP contribution is -2.45. The molecule has 0 fully saturated rings. The van der Waals surface area contributed by atoms with Gasteiger partial charge in [0.05, 0.1) is 34.1 Å². The lowest BCUT2D eigenvalue weighted by atomic mass is 10.1. The summed E-state index contributed by atoms with van der Waals surface area (Å²) in [5.41, 5.74) is 2.21. The third kappa shape index (κ3) is 3.91. The number of ether oxygens (including phenoxy) is 1. The molecule has 0 spiro atoms. The number of rotatable bonds is 4. The van der Waals surface area contributed by atoms with Crippen LogP contribution in [0.4, 0.5) is 0 Å². The second-order valence-corrected chi connectivity index (χ2v) is 6.30. The van der Waals surface area contributed by atoms with Crippen LogP contribution in [0.15, 0.2) is 18.2 Å². The van der Waals surface area contributed by atoms with E-state index in [0.29, 0.717) is 16.6 Å². The van der Waals surface area contributed by atoms with Gasteiger partial charge in [0, 0.05) is 7.05 Å². The Morgan fingerprint density at radius 2 is 1.80 bits per heavy atom. The van der Waals surface area contributed by atoms with E-state index < -0.39 is 24.0 Å². The number of nitriles is 1. The number of hydrogen-bond donors (Lipinski definition) is 0. The molecule has 2 aromatic rings. The van der Waals surface area contributed by atoms with Crippen molar-refractivity contribution in [1.82, 2.24) is 14.9 Å². The number of amides is 1. The molecule has 1 amide bonds. The molecular formula is C18H20N4O3. The lowest BCUT2D eigenvalue weighted by Gasteiger charge is -2.28. The third-order valence-corrected chi connectivity index (χ3v) is 4.12. The van der Waals surface area contributed by atoms with Gasteiger partial charge in [-0.25, -0.2) is 14.8 Å². The Balaban J connectivity index is 2.11. The van der Waals surface area contributed by atoms with Crippen molar-refractivity contribution in [2.24, 2.45) is 0 Å². The SMILES string of the molecule is Cc1nc2ccc(C(=O)OCC(=O)N(C)C(C)(C)C#N)cc2nc1C. The van der Waals surface area contributed by atoms with Gasteiger partial charge >= 0.3 is 5.97 Å². The number of carbonyl (C=O) groups excluding carboxylic acids is 2. The van der Waals surface area contributed by atoms with Crippen LogP contribution in [0.2, 0.25) is 0 Å². The van der Waals surface area contributed by atoms with E-state index in [1.165, 1.54) is 11.9 Å². The maximum atomic E-state index is 12.2. The number of carbonyl (C=O) groups is 2. The monoisotopic (exact) mass is 340 g/mol. The van der Waals surface area contributed by atoms with E-state index in [9.17, 15) is 9.59 Å². The maximum Gasteiger partial charge on any atom is 0.338 e. The first-order valence-electron chi connectivity index (χ1n) is 7.76. The minimum absolute atomic E-state index is 0.292. The Kier molecular flexibility index (Phi) is 5.02. The second kappa shape index (κ2) is 6.85. The van der Waals surface area contributed by atoms with Crippen LogP contribution in [0.5, 0.6) is 0 Å². The van der Waals surface area contributed by atoms with Gasteiger partial charge in [-0.05, 0) is 45.9 Å². The molecule has 25 heavy (non-hydrogen) atoms. The van der Waals surface area contributed by atoms with Crippen molar-refractivity contribution >= 4 is 22.9 Å². The van der Waals surface area contributed by atoms with E-state index in [1.54, 1.807) is 32.0 Å². The van der Waals surface area contributed by atoms with Gasteiger partial charge in [0.15, 0.2) is 6.61 Å². The number of fused-ring (bicyclic) bond motifs is 1. The fourth-order valence-corrected chi connectivity index (χ4v) is 2.05. The molecule has 1 heterocycles. The van der Waals surface area contributed by atoms with Crippen LogP contribution in [0.1, 0.15) is 35.6 Å². The number of hydrogen-bond acceptors (Lipinski definition) is 6. The van der Waals surface area contributed by atoms with E-state index in [-0.39, 0.29) is 0 Å². The molecule has 0 bridgehead atoms. The number of nitrogens with zero attached hydrogens (tertiary/aromatic N) is 4. The summed E-state index contributed by atoms with van der Waals surface area (Å²) < 4.78 is 5.07. The molecule has 7 heteroatoms. The molecule has 0 aliphatic carbocycles. The van der Waals surface area contributed by atoms with Crippen molar-refractivity contribution < 1.29 is 14.3 Å². The predicted octanol–water partition coefficient (Wildman–Crippen LogP) is 2.16. The summed E-state index contributed by atoms with van der Waals surface area (Å²) in [5, 5.41) is 9.05. The summed E-state index contributed by atoms with van der Waals surface area (Å²) in [6.45, 7) is 6.50. The average Bonchev–Trinajstić information content (AvgIpc) is 2.59.